The molecule has 0 radical (unpaired) electrons. The van der Waals surface area contributed by atoms with Crippen molar-refractivity contribution in [3.8, 4) is 5.75 Å². The Hall–Kier alpha value is -1.53. The van der Waals surface area contributed by atoms with Gasteiger partial charge in [-0.15, -0.1) is 0 Å². The molecule has 1 amide bonds. The lowest BCUT2D eigenvalue weighted by Crippen LogP contribution is -2.41. The van der Waals surface area contributed by atoms with Crippen molar-refractivity contribution in [2.75, 3.05) is 12.4 Å². The SMILES string of the molecule is COc1ccc(B2OC(C)(C)C(C)(C)O2)cc1NC(=O)C1CC1. The summed E-state index contributed by atoms with van der Waals surface area (Å²) in [6, 6.07) is 5.62. The number of methoxy groups -OCH3 is 1. The van der Waals surface area contributed by atoms with Crippen molar-refractivity contribution in [1.29, 1.82) is 0 Å². The second-order valence-corrected chi connectivity index (χ2v) is 7.31. The van der Waals surface area contributed by atoms with E-state index in [9.17, 15) is 4.79 Å². The van der Waals surface area contributed by atoms with Crippen molar-refractivity contribution >= 4 is 24.2 Å². The van der Waals surface area contributed by atoms with Crippen molar-refractivity contribution in [3.05, 3.63) is 18.2 Å². The Morgan fingerprint density at radius 2 is 1.83 bits per heavy atom. The fourth-order valence-electron chi connectivity index (χ4n) is 2.53. The number of carbonyl (C=O) groups excluding carboxylic acids is 1. The quantitative estimate of drug-likeness (QED) is 0.866. The molecule has 0 atom stereocenters. The van der Waals surface area contributed by atoms with E-state index in [1.165, 1.54) is 0 Å². The van der Waals surface area contributed by atoms with Gasteiger partial charge in [0.05, 0.1) is 24.0 Å². The fraction of sp³-hybridized carbons (Fsp3) is 0.588. The van der Waals surface area contributed by atoms with Gasteiger partial charge in [-0.3, -0.25) is 4.79 Å². The number of amides is 1. The van der Waals surface area contributed by atoms with E-state index in [-0.39, 0.29) is 11.8 Å². The van der Waals surface area contributed by atoms with Crippen LogP contribution >= 0.6 is 0 Å². The van der Waals surface area contributed by atoms with Crippen molar-refractivity contribution < 1.29 is 18.8 Å². The van der Waals surface area contributed by atoms with Gasteiger partial charge in [0.2, 0.25) is 5.91 Å². The van der Waals surface area contributed by atoms with E-state index in [0.29, 0.717) is 11.4 Å². The molecule has 1 aliphatic heterocycles. The average Bonchev–Trinajstić information content (AvgIpc) is 3.27. The Morgan fingerprint density at radius 3 is 2.35 bits per heavy atom. The summed E-state index contributed by atoms with van der Waals surface area (Å²) in [5, 5.41) is 2.95. The van der Waals surface area contributed by atoms with Crippen molar-refractivity contribution in [3.63, 3.8) is 0 Å². The van der Waals surface area contributed by atoms with Gasteiger partial charge in [0.25, 0.3) is 0 Å². The summed E-state index contributed by atoms with van der Waals surface area (Å²) in [5.41, 5.74) is 0.747. The van der Waals surface area contributed by atoms with Crippen LogP contribution in [0.1, 0.15) is 40.5 Å². The third-order valence-electron chi connectivity index (χ3n) is 4.95. The van der Waals surface area contributed by atoms with Gasteiger partial charge < -0.3 is 19.4 Å². The van der Waals surface area contributed by atoms with Crippen LogP contribution in [0.25, 0.3) is 0 Å². The minimum Gasteiger partial charge on any atom is -0.495 e. The molecule has 1 heterocycles. The van der Waals surface area contributed by atoms with Gasteiger partial charge in [0.1, 0.15) is 5.75 Å². The number of rotatable bonds is 4. The number of nitrogens with one attached hydrogen (secondary N) is 1. The fourth-order valence-corrected chi connectivity index (χ4v) is 2.53. The molecular weight excluding hydrogens is 293 g/mol. The molecule has 0 bridgehead atoms. The normalized spacial score (nSPS) is 22.0. The van der Waals surface area contributed by atoms with Crippen LogP contribution in [0.2, 0.25) is 0 Å². The summed E-state index contributed by atoms with van der Waals surface area (Å²) in [6.07, 6.45) is 1.93. The van der Waals surface area contributed by atoms with Crippen LogP contribution in [0.3, 0.4) is 0 Å². The van der Waals surface area contributed by atoms with Gasteiger partial charge in [-0.2, -0.15) is 0 Å². The maximum absolute atomic E-state index is 12.1. The van der Waals surface area contributed by atoms with E-state index in [1.54, 1.807) is 7.11 Å². The molecule has 2 aliphatic rings. The lowest BCUT2D eigenvalue weighted by atomic mass is 9.79. The Morgan fingerprint density at radius 1 is 1.22 bits per heavy atom. The highest BCUT2D eigenvalue weighted by Gasteiger charge is 2.51. The topological polar surface area (TPSA) is 56.8 Å². The van der Waals surface area contributed by atoms with Crippen LogP contribution in [0.4, 0.5) is 5.69 Å². The number of hydrogen-bond donors (Lipinski definition) is 1. The molecule has 5 nitrogen and oxygen atoms in total. The molecule has 0 spiro atoms. The van der Waals surface area contributed by atoms with Crippen molar-refractivity contribution in [2.45, 2.75) is 51.7 Å². The molecule has 124 valence electrons. The van der Waals surface area contributed by atoms with E-state index in [4.69, 9.17) is 14.0 Å². The van der Waals surface area contributed by atoms with E-state index in [2.05, 4.69) is 5.32 Å². The minimum absolute atomic E-state index is 0.0503. The monoisotopic (exact) mass is 317 g/mol. The summed E-state index contributed by atoms with van der Waals surface area (Å²) in [5.74, 6) is 0.828. The lowest BCUT2D eigenvalue weighted by Gasteiger charge is -2.32. The molecule has 1 N–H and O–H groups in total. The predicted octanol–water partition coefficient (Wildman–Crippen LogP) is 2.34. The second kappa shape index (κ2) is 5.53. The zero-order valence-corrected chi connectivity index (χ0v) is 14.4. The van der Waals surface area contributed by atoms with Crippen LogP contribution in [-0.2, 0) is 14.1 Å². The molecule has 1 aliphatic carbocycles. The standard InChI is InChI=1S/C17H24BNO4/c1-16(2)17(3,4)23-18(22-16)12-8-9-14(21-5)13(10-12)19-15(20)11-6-7-11/h8-11H,6-7H2,1-5H3,(H,19,20). The Kier molecular flexibility index (Phi) is 3.93. The molecular formula is C17H24BNO4. The van der Waals surface area contributed by atoms with Gasteiger partial charge in [0, 0.05) is 5.92 Å². The van der Waals surface area contributed by atoms with Crippen LogP contribution in [0.5, 0.6) is 5.75 Å². The number of ether oxygens (including phenoxy) is 1. The van der Waals surface area contributed by atoms with Crippen molar-refractivity contribution in [1.82, 2.24) is 0 Å². The Labute approximate surface area is 137 Å². The van der Waals surface area contributed by atoms with E-state index in [0.717, 1.165) is 18.3 Å². The average molecular weight is 317 g/mol. The van der Waals surface area contributed by atoms with Gasteiger partial charge in [-0.1, -0.05) is 6.07 Å². The molecule has 3 rings (SSSR count). The van der Waals surface area contributed by atoms with Crippen LogP contribution in [0, 0.1) is 5.92 Å². The number of carbonyl (C=O) groups is 1. The minimum atomic E-state index is -0.456. The smallest absolute Gasteiger partial charge is 0.494 e. The molecule has 1 saturated heterocycles. The summed E-state index contributed by atoms with van der Waals surface area (Å²) >= 11 is 0. The highest BCUT2D eigenvalue weighted by atomic mass is 16.7. The van der Waals surface area contributed by atoms with E-state index >= 15 is 0 Å². The Bertz CT molecular complexity index is 609. The summed E-state index contributed by atoms with van der Waals surface area (Å²) < 4.78 is 17.5. The number of hydrogen-bond acceptors (Lipinski definition) is 4. The first kappa shape index (κ1) is 16.3. The summed E-state index contributed by atoms with van der Waals surface area (Å²) in [7, 11) is 1.14. The molecule has 6 heteroatoms. The van der Waals surface area contributed by atoms with E-state index in [1.807, 2.05) is 45.9 Å². The first-order valence-electron chi connectivity index (χ1n) is 8.08. The van der Waals surface area contributed by atoms with Gasteiger partial charge in [-0.25, -0.2) is 0 Å². The van der Waals surface area contributed by atoms with Gasteiger partial charge >= 0.3 is 7.12 Å². The van der Waals surface area contributed by atoms with Gasteiger partial charge in [0.15, 0.2) is 0 Å². The first-order valence-corrected chi connectivity index (χ1v) is 8.08. The van der Waals surface area contributed by atoms with Crippen LogP contribution < -0.4 is 15.5 Å². The first-order chi connectivity index (χ1) is 10.7. The van der Waals surface area contributed by atoms with E-state index < -0.39 is 18.3 Å². The third-order valence-corrected chi connectivity index (χ3v) is 4.95. The molecule has 1 aromatic rings. The zero-order valence-electron chi connectivity index (χ0n) is 14.4. The molecule has 2 fully saturated rings. The van der Waals surface area contributed by atoms with Gasteiger partial charge in [-0.05, 0) is 58.1 Å². The second-order valence-electron chi connectivity index (χ2n) is 7.31. The largest absolute Gasteiger partial charge is 0.495 e. The van der Waals surface area contributed by atoms with Crippen LogP contribution in [-0.4, -0.2) is 31.3 Å². The molecule has 23 heavy (non-hydrogen) atoms. The number of benzene rings is 1. The maximum Gasteiger partial charge on any atom is 0.494 e. The molecule has 0 unspecified atom stereocenters. The summed E-state index contributed by atoms with van der Waals surface area (Å²) in [4.78, 5) is 12.1. The van der Waals surface area contributed by atoms with Crippen molar-refractivity contribution in [2.24, 2.45) is 5.92 Å². The predicted molar refractivity (Wildman–Crippen MR) is 90.1 cm³/mol. The maximum atomic E-state index is 12.1. The highest BCUT2D eigenvalue weighted by Crippen LogP contribution is 2.37. The molecule has 0 aromatic heterocycles. The van der Waals surface area contributed by atoms with Crippen LogP contribution in [0.15, 0.2) is 18.2 Å². The molecule has 1 aromatic carbocycles. The lowest BCUT2D eigenvalue weighted by molar-refractivity contribution is -0.117. The Balaban J connectivity index is 1.84. The highest BCUT2D eigenvalue weighted by molar-refractivity contribution is 6.62. The molecule has 1 saturated carbocycles. The summed E-state index contributed by atoms with van der Waals surface area (Å²) in [6.45, 7) is 8.08. The third kappa shape index (κ3) is 3.10. The number of anilines is 1. The zero-order chi connectivity index (χ0) is 16.8.